The predicted octanol–water partition coefficient (Wildman–Crippen LogP) is 2.82. The Morgan fingerprint density at radius 2 is 1.97 bits per heavy atom. The molecule has 2 amide bonds. The van der Waals surface area contributed by atoms with Gasteiger partial charge in [-0.1, -0.05) is 19.1 Å². The molecule has 0 aromatic heterocycles. The van der Waals surface area contributed by atoms with Crippen LogP contribution in [0.25, 0.3) is 6.08 Å². The average molecular weight is 410 g/mol. The van der Waals surface area contributed by atoms with Crippen LogP contribution in [0, 0.1) is 0 Å². The van der Waals surface area contributed by atoms with Gasteiger partial charge in [0.1, 0.15) is 5.57 Å². The summed E-state index contributed by atoms with van der Waals surface area (Å²) in [6, 6.07) is 10.8. The molecule has 0 bridgehead atoms. The van der Waals surface area contributed by atoms with Gasteiger partial charge in [-0.3, -0.25) is 19.8 Å². The second-order valence-electron chi connectivity index (χ2n) is 6.43. The number of carbonyl (C=O) groups is 2. The van der Waals surface area contributed by atoms with Crippen LogP contribution in [0.1, 0.15) is 18.1 Å². The largest absolute Gasteiger partial charge is 0.493 e. The summed E-state index contributed by atoms with van der Waals surface area (Å²) in [7, 11) is 1.51. The summed E-state index contributed by atoms with van der Waals surface area (Å²) in [6.07, 6.45) is 2.36. The molecule has 2 aliphatic rings. The van der Waals surface area contributed by atoms with E-state index < -0.39 is 11.8 Å². The summed E-state index contributed by atoms with van der Waals surface area (Å²) >= 11 is 5.24. The number of nitrogens with zero attached hydrogens (tertiary/aromatic N) is 1. The number of thiocarbonyl (C=S) groups is 1. The van der Waals surface area contributed by atoms with E-state index in [2.05, 4.69) is 5.32 Å². The standard InChI is InChI=1S/C21H18N2O5S/c1-3-12-4-6-14(7-5-12)23-20(25)15(19(24)22-21(23)29)8-13-9-16(26-2)18-17(10-13)27-11-28-18/h4-10H,3,11H2,1-2H3,(H,22,24,29)/b15-8+. The Morgan fingerprint density at radius 3 is 2.66 bits per heavy atom. The van der Waals surface area contributed by atoms with Gasteiger partial charge >= 0.3 is 0 Å². The summed E-state index contributed by atoms with van der Waals surface area (Å²) in [4.78, 5) is 26.9. The van der Waals surface area contributed by atoms with Crippen LogP contribution in [0.15, 0.2) is 42.0 Å². The fourth-order valence-corrected chi connectivity index (χ4v) is 3.45. The number of nitrogens with one attached hydrogen (secondary N) is 1. The van der Waals surface area contributed by atoms with Crippen LogP contribution < -0.4 is 24.4 Å². The topological polar surface area (TPSA) is 77.1 Å². The minimum atomic E-state index is -0.557. The van der Waals surface area contributed by atoms with E-state index in [1.165, 1.54) is 18.1 Å². The Labute approximate surface area is 172 Å². The molecule has 148 valence electrons. The number of methoxy groups -OCH3 is 1. The predicted molar refractivity (Wildman–Crippen MR) is 111 cm³/mol. The van der Waals surface area contributed by atoms with E-state index in [4.69, 9.17) is 26.4 Å². The van der Waals surface area contributed by atoms with Crippen molar-refractivity contribution in [2.45, 2.75) is 13.3 Å². The summed E-state index contributed by atoms with van der Waals surface area (Å²) in [5.41, 5.74) is 2.25. The van der Waals surface area contributed by atoms with Gasteiger partial charge in [0.2, 0.25) is 12.5 Å². The lowest BCUT2D eigenvalue weighted by Crippen LogP contribution is -2.54. The fourth-order valence-electron chi connectivity index (χ4n) is 3.17. The number of benzene rings is 2. The molecule has 0 saturated carbocycles. The number of carbonyl (C=O) groups excluding carboxylic acids is 2. The molecule has 0 atom stereocenters. The van der Waals surface area contributed by atoms with Crippen molar-refractivity contribution in [1.29, 1.82) is 0 Å². The van der Waals surface area contributed by atoms with Crippen LogP contribution in [0.5, 0.6) is 17.2 Å². The molecule has 0 unspecified atom stereocenters. The third-order valence-electron chi connectivity index (χ3n) is 4.70. The van der Waals surface area contributed by atoms with Gasteiger partial charge in [-0.25, -0.2) is 0 Å². The van der Waals surface area contributed by atoms with Crippen LogP contribution in [-0.4, -0.2) is 30.8 Å². The number of hydrogen-bond donors (Lipinski definition) is 1. The van der Waals surface area contributed by atoms with Crippen molar-refractivity contribution in [1.82, 2.24) is 5.32 Å². The lowest BCUT2D eigenvalue weighted by Gasteiger charge is -2.29. The number of ether oxygens (including phenoxy) is 3. The van der Waals surface area contributed by atoms with Crippen molar-refractivity contribution in [2.24, 2.45) is 0 Å². The molecule has 1 fully saturated rings. The highest BCUT2D eigenvalue weighted by Gasteiger charge is 2.34. The molecule has 2 heterocycles. The molecule has 1 saturated heterocycles. The van der Waals surface area contributed by atoms with Gasteiger partial charge in [-0.2, -0.15) is 0 Å². The molecule has 2 aliphatic heterocycles. The maximum Gasteiger partial charge on any atom is 0.270 e. The van der Waals surface area contributed by atoms with Gasteiger partial charge in [0.05, 0.1) is 12.8 Å². The average Bonchev–Trinajstić information content (AvgIpc) is 3.19. The number of rotatable bonds is 4. The highest BCUT2D eigenvalue weighted by Crippen LogP contribution is 2.42. The number of anilines is 1. The number of amides is 2. The van der Waals surface area contributed by atoms with Gasteiger partial charge in [0, 0.05) is 0 Å². The molecule has 4 rings (SSSR count). The quantitative estimate of drug-likeness (QED) is 0.475. The smallest absolute Gasteiger partial charge is 0.270 e. The molecule has 7 nitrogen and oxygen atoms in total. The van der Waals surface area contributed by atoms with Crippen molar-refractivity contribution in [2.75, 3.05) is 18.8 Å². The third-order valence-corrected chi connectivity index (χ3v) is 4.98. The fraction of sp³-hybridized carbons (Fsp3) is 0.190. The zero-order valence-electron chi connectivity index (χ0n) is 15.9. The minimum Gasteiger partial charge on any atom is -0.493 e. The van der Waals surface area contributed by atoms with E-state index in [0.717, 1.165) is 12.0 Å². The van der Waals surface area contributed by atoms with Crippen molar-refractivity contribution >= 4 is 40.9 Å². The van der Waals surface area contributed by atoms with Crippen molar-refractivity contribution in [3.05, 3.63) is 53.1 Å². The monoisotopic (exact) mass is 410 g/mol. The van der Waals surface area contributed by atoms with Gasteiger partial charge in [0.15, 0.2) is 16.6 Å². The molecule has 8 heteroatoms. The van der Waals surface area contributed by atoms with E-state index in [0.29, 0.717) is 28.5 Å². The van der Waals surface area contributed by atoms with Crippen LogP contribution in [0.4, 0.5) is 5.69 Å². The Hall–Kier alpha value is -3.39. The molecule has 0 radical (unpaired) electrons. The third kappa shape index (κ3) is 3.42. The number of aryl methyl sites for hydroxylation is 1. The lowest BCUT2D eigenvalue weighted by atomic mass is 10.1. The van der Waals surface area contributed by atoms with Crippen LogP contribution in [0.3, 0.4) is 0 Å². The Morgan fingerprint density at radius 1 is 1.21 bits per heavy atom. The first-order chi connectivity index (χ1) is 14.0. The first kappa shape index (κ1) is 18.9. The number of hydrogen-bond acceptors (Lipinski definition) is 6. The van der Waals surface area contributed by atoms with Gasteiger partial charge in [0.25, 0.3) is 11.8 Å². The van der Waals surface area contributed by atoms with Crippen LogP contribution >= 0.6 is 12.2 Å². The molecule has 0 spiro atoms. The van der Waals surface area contributed by atoms with Crippen molar-refractivity contribution < 1.29 is 23.8 Å². The highest BCUT2D eigenvalue weighted by molar-refractivity contribution is 7.80. The van der Waals surface area contributed by atoms with Gasteiger partial charge in [-0.05, 0) is 60.1 Å². The van der Waals surface area contributed by atoms with Gasteiger partial charge in [-0.15, -0.1) is 0 Å². The highest BCUT2D eigenvalue weighted by atomic mass is 32.1. The van der Waals surface area contributed by atoms with Crippen molar-refractivity contribution in [3.8, 4) is 17.2 Å². The summed E-state index contributed by atoms with van der Waals surface area (Å²) in [6.45, 7) is 2.13. The molecule has 2 aromatic rings. The maximum atomic E-state index is 13.1. The lowest BCUT2D eigenvalue weighted by molar-refractivity contribution is -0.122. The zero-order chi connectivity index (χ0) is 20.5. The molecule has 2 aromatic carbocycles. The molecule has 0 aliphatic carbocycles. The Bertz CT molecular complexity index is 1050. The molecule has 1 N–H and O–H groups in total. The zero-order valence-corrected chi connectivity index (χ0v) is 16.7. The summed E-state index contributed by atoms with van der Waals surface area (Å²) in [5, 5.41) is 2.63. The van der Waals surface area contributed by atoms with E-state index in [9.17, 15) is 9.59 Å². The molecular weight excluding hydrogens is 392 g/mol. The first-order valence-corrected chi connectivity index (χ1v) is 9.40. The van der Waals surface area contributed by atoms with E-state index in [1.54, 1.807) is 12.1 Å². The SMILES string of the molecule is CCc1ccc(N2C(=O)/C(=C/c3cc(OC)c4c(c3)OCO4)C(=O)NC2=S)cc1. The molecular formula is C21H18N2O5S. The van der Waals surface area contributed by atoms with Crippen molar-refractivity contribution in [3.63, 3.8) is 0 Å². The Balaban J connectivity index is 1.72. The Kier molecular flexibility index (Phi) is 4.94. The second-order valence-corrected chi connectivity index (χ2v) is 6.82. The second kappa shape index (κ2) is 7.56. The maximum absolute atomic E-state index is 13.1. The van der Waals surface area contributed by atoms with E-state index in [1.807, 2.05) is 31.2 Å². The minimum absolute atomic E-state index is 0.0425. The number of fused-ring (bicyclic) bond motifs is 1. The first-order valence-electron chi connectivity index (χ1n) is 9.00. The summed E-state index contributed by atoms with van der Waals surface area (Å²) < 4.78 is 16.1. The van der Waals surface area contributed by atoms with Crippen LogP contribution in [-0.2, 0) is 16.0 Å². The van der Waals surface area contributed by atoms with E-state index >= 15 is 0 Å². The van der Waals surface area contributed by atoms with E-state index in [-0.39, 0.29) is 17.5 Å². The van der Waals surface area contributed by atoms with Crippen LogP contribution in [0.2, 0.25) is 0 Å². The summed E-state index contributed by atoms with van der Waals surface area (Å²) in [5.74, 6) is 0.381. The normalized spacial score (nSPS) is 17.0. The molecule has 29 heavy (non-hydrogen) atoms. The van der Waals surface area contributed by atoms with Gasteiger partial charge < -0.3 is 14.2 Å².